The van der Waals surface area contributed by atoms with Gasteiger partial charge in [-0.3, -0.25) is 4.79 Å². The molecule has 0 heterocycles. The van der Waals surface area contributed by atoms with Gasteiger partial charge in [0, 0.05) is 6.54 Å². The molecule has 0 aliphatic heterocycles. The summed E-state index contributed by atoms with van der Waals surface area (Å²) in [5.41, 5.74) is 5.32. The van der Waals surface area contributed by atoms with Gasteiger partial charge in [-0.1, -0.05) is 32.0 Å². The molecular formula is C14H23ClN2O2. The average molecular weight is 287 g/mol. The van der Waals surface area contributed by atoms with Crippen LogP contribution in [0.15, 0.2) is 30.3 Å². The number of hydrogen-bond donors (Lipinski definition) is 2. The first-order valence-electron chi connectivity index (χ1n) is 6.17. The second kappa shape index (κ2) is 8.02. The van der Waals surface area contributed by atoms with Gasteiger partial charge in [-0.2, -0.15) is 0 Å². The number of benzene rings is 1. The SMILES string of the molecule is CC(C)C(C)(CN)NC(=O)COc1ccccc1.Cl. The number of ether oxygens (including phenoxy) is 1. The summed E-state index contributed by atoms with van der Waals surface area (Å²) in [6.07, 6.45) is 0. The lowest BCUT2D eigenvalue weighted by molar-refractivity contribution is -0.125. The summed E-state index contributed by atoms with van der Waals surface area (Å²) in [5, 5.41) is 2.92. The first-order chi connectivity index (χ1) is 8.48. The van der Waals surface area contributed by atoms with Gasteiger partial charge in [-0.25, -0.2) is 0 Å². The van der Waals surface area contributed by atoms with Crippen LogP contribution in [0.4, 0.5) is 0 Å². The zero-order valence-electron chi connectivity index (χ0n) is 11.7. The van der Waals surface area contributed by atoms with Crippen LogP contribution >= 0.6 is 12.4 Å². The lowest BCUT2D eigenvalue weighted by atomic mass is 9.88. The van der Waals surface area contributed by atoms with Gasteiger partial charge in [0.15, 0.2) is 6.61 Å². The first kappa shape index (κ1) is 17.7. The van der Waals surface area contributed by atoms with Crippen molar-refractivity contribution in [2.75, 3.05) is 13.2 Å². The summed E-state index contributed by atoms with van der Waals surface area (Å²) in [6.45, 7) is 6.42. The molecule has 1 amide bonds. The number of rotatable bonds is 6. The van der Waals surface area contributed by atoms with E-state index in [9.17, 15) is 4.79 Å². The van der Waals surface area contributed by atoms with Crippen LogP contribution < -0.4 is 15.8 Å². The van der Waals surface area contributed by atoms with E-state index in [4.69, 9.17) is 10.5 Å². The number of carbonyl (C=O) groups is 1. The minimum atomic E-state index is -0.392. The van der Waals surface area contributed by atoms with Crippen molar-refractivity contribution in [1.82, 2.24) is 5.32 Å². The van der Waals surface area contributed by atoms with Crippen molar-refractivity contribution in [2.24, 2.45) is 11.7 Å². The highest BCUT2D eigenvalue weighted by atomic mass is 35.5. The van der Waals surface area contributed by atoms with Crippen molar-refractivity contribution in [3.05, 3.63) is 30.3 Å². The van der Waals surface area contributed by atoms with Crippen LogP contribution in [0.5, 0.6) is 5.75 Å². The van der Waals surface area contributed by atoms with Crippen LogP contribution in [0.1, 0.15) is 20.8 Å². The van der Waals surface area contributed by atoms with Gasteiger partial charge < -0.3 is 15.8 Å². The van der Waals surface area contributed by atoms with Gasteiger partial charge >= 0.3 is 0 Å². The Labute approximate surface area is 121 Å². The number of halogens is 1. The molecule has 108 valence electrons. The van der Waals surface area contributed by atoms with Crippen molar-refractivity contribution in [3.8, 4) is 5.75 Å². The molecule has 0 saturated heterocycles. The maximum Gasteiger partial charge on any atom is 0.258 e. The van der Waals surface area contributed by atoms with Gasteiger partial charge in [-0.05, 0) is 25.0 Å². The third-order valence-corrected chi connectivity index (χ3v) is 3.24. The fraction of sp³-hybridized carbons (Fsp3) is 0.500. The predicted molar refractivity (Wildman–Crippen MR) is 79.6 cm³/mol. The van der Waals surface area contributed by atoms with Crippen molar-refractivity contribution < 1.29 is 9.53 Å². The molecule has 0 aliphatic carbocycles. The summed E-state index contributed by atoms with van der Waals surface area (Å²) in [4.78, 5) is 11.8. The van der Waals surface area contributed by atoms with Gasteiger partial charge in [0.2, 0.25) is 0 Å². The molecule has 4 nitrogen and oxygen atoms in total. The van der Waals surface area contributed by atoms with Gasteiger partial charge in [0.05, 0.1) is 5.54 Å². The molecule has 0 aromatic heterocycles. The third-order valence-electron chi connectivity index (χ3n) is 3.24. The molecule has 0 fully saturated rings. The van der Waals surface area contributed by atoms with Gasteiger partial charge in [-0.15, -0.1) is 12.4 Å². The average Bonchev–Trinajstić information content (AvgIpc) is 2.37. The van der Waals surface area contributed by atoms with Crippen LogP contribution in [0.25, 0.3) is 0 Å². The summed E-state index contributed by atoms with van der Waals surface area (Å²) in [5.74, 6) is 0.801. The van der Waals surface area contributed by atoms with Crippen LogP contribution in [-0.4, -0.2) is 24.6 Å². The van der Waals surface area contributed by atoms with E-state index in [0.717, 1.165) is 0 Å². The topological polar surface area (TPSA) is 64.3 Å². The minimum absolute atomic E-state index is 0. The molecule has 0 radical (unpaired) electrons. The Morgan fingerprint density at radius 3 is 2.42 bits per heavy atom. The second-order valence-electron chi connectivity index (χ2n) is 4.93. The van der Waals surface area contributed by atoms with Crippen molar-refractivity contribution in [2.45, 2.75) is 26.3 Å². The largest absolute Gasteiger partial charge is 0.484 e. The molecule has 1 atom stereocenters. The summed E-state index contributed by atoms with van der Waals surface area (Å²) >= 11 is 0. The molecule has 0 aliphatic rings. The number of nitrogens with one attached hydrogen (secondary N) is 1. The van der Waals surface area contributed by atoms with Crippen molar-refractivity contribution in [3.63, 3.8) is 0 Å². The Balaban J connectivity index is 0.00000324. The molecule has 0 bridgehead atoms. The maximum absolute atomic E-state index is 11.8. The lowest BCUT2D eigenvalue weighted by Gasteiger charge is -2.33. The summed E-state index contributed by atoms with van der Waals surface area (Å²) < 4.78 is 5.39. The second-order valence-corrected chi connectivity index (χ2v) is 4.93. The Morgan fingerprint density at radius 2 is 1.95 bits per heavy atom. The van der Waals surface area contributed by atoms with E-state index in [1.807, 2.05) is 51.1 Å². The van der Waals surface area contributed by atoms with Crippen LogP contribution in [0, 0.1) is 5.92 Å². The Bertz CT molecular complexity index is 384. The fourth-order valence-corrected chi connectivity index (χ4v) is 1.45. The molecule has 3 N–H and O–H groups in total. The molecule has 0 saturated carbocycles. The lowest BCUT2D eigenvalue weighted by Crippen LogP contribution is -2.56. The molecule has 1 aromatic rings. The molecule has 1 unspecified atom stereocenters. The Kier molecular flexibility index (Phi) is 7.49. The van der Waals surface area contributed by atoms with Gasteiger partial charge in [0.1, 0.15) is 5.75 Å². The van der Waals surface area contributed by atoms with E-state index in [-0.39, 0.29) is 30.8 Å². The number of hydrogen-bond acceptors (Lipinski definition) is 3. The molecule has 1 aromatic carbocycles. The van der Waals surface area contributed by atoms with E-state index < -0.39 is 5.54 Å². The minimum Gasteiger partial charge on any atom is -0.484 e. The van der Waals surface area contributed by atoms with Crippen molar-refractivity contribution >= 4 is 18.3 Å². The van der Waals surface area contributed by atoms with E-state index in [0.29, 0.717) is 12.3 Å². The first-order valence-corrected chi connectivity index (χ1v) is 6.17. The number of nitrogens with two attached hydrogens (primary N) is 1. The molecule has 1 rings (SSSR count). The van der Waals surface area contributed by atoms with E-state index in [1.54, 1.807) is 0 Å². The van der Waals surface area contributed by atoms with E-state index in [1.165, 1.54) is 0 Å². The highest BCUT2D eigenvalue weighted by Gasteiger charge is 2.28. The molecule has 0 spiro atoms. The number of para-hydroxylation sites is 1. The molecule has 19 heavy (non-hydrogen) atoms. The van der Waals surface area contributed by atoms with Crippen LogP contribution in [-0.2, 0) is 4.79 Å². The quantitative estimate of drug-likeness (QED) is 0.840. The van der Waals surface area contributed by atoms with Crippen molar-refractivity contribution in [1.29, 1.82) is 0 Å². The highest BCUT2D eigenvalue weighted by molar-refractivity contribution is 5.85. The highest BCUT2D eigenvalue weighted by Crippen LogP contribution is 2.14. The normalized spacial score (nSPS) is 13.3. The van der Waals surface area contributed by atoms with Gasteiger partial charge in [0.25, 0.3) is 5.91 Å². The Hall–Kier alpha value is -1.26. The molecular weight excluding hydrogens is 264 g/mol. The van der Waals surface area contributed by atoms with E-state index >= 15 is 0 Å². The summed E-state index contributed by atoms with van der Waals surface area (Å²) in [6, 6.07) is 9.27. The zero-order valence-corrected chi connectivity index (χ0v) is 12.5. The number of carbonyl (C=O) groups excluding carboxylic acids is 1. The van der Waals surface area contributed by atoms with Crippen LogP contribution in [0.2, 0.25) is 0 Å². The Morgan fingerprint density at radius 1 is 1.37 bits per heavy atom. The maximum atomic E-state index is 11.8. The smallest absolute Gasteiger partial charge is 0.258 e. The predicted octanol–water partition coefficient (Wildman–Crippen LogP) is 1.98. The standard InChI is InChI=1S/C14H22N2O2.ClH/c1-11(2)14(3,10-15)16-13(17)9-18-12-7-5-4-6-8-12;/h4-8,11H,9-10,15H2,1-3H3,(H,16,17);1H. The van der Waals surface area contributed by atoms with E-state index in [2.05, 4.69) is 5.32 Å². The summed E-state index contributed by atoms with van der Waals surface area (Å²) in [7, 11) is 0. The van der Waals surface area contributed by atoms with Crippen LogP contribution in [0.3, 0.4) is 0 Å². The third kappa shape index (κ3) is 5.49. The zero-order chi connectivity index (χ0) is 13.6. The number of amides is 1. The molecule has 5 heteroatoms. The fourth-order valence-electron chi connectivity index (χ4n) is 1.45. The monoisotopic (exact) mass is 286 g/mol.